The average molecular weight is 342 g/mol. The highest BCUT2D eigenvalue weighted by Crippen LogP contribution is 2.24. The maximum atomic E-state index is 12.5. The Hall–Kier alpha value is -2.14. The van der Waals surface area contributed by atoms with Crippen molar-refractivity contribution in [1.82, 2.24) is 9.88 Å². The number of hydrogen-bond acceptors (Lipinski definition) is 4. The van der Waals surface area contributed by atoms with Crippen LogP contribution in [-0.4, -0.2) is 42.1 Å². The number of hydrogen-bond donors (Lipinski definition) is 0. The van der Waals surface area contributed by atoms with Gasteiger partial charge in [0.25, 0.3) is 0 Å². The van der Waals surface area contributed by atoms with E-state index in [0.29, 0.717) is 24.7 Å². The Labute approximate surface area is 149 Å². The number of benzene rings is 1. The normalized spacial score (nSPS) is 17.0. The van der Waals surface area contributed by atoms with Gasteiger partial charge in [0.2, 0.25) is 5.91 Å². The van der Waals surface area contributed by atoms with E-state index in [-0.39, 0.29) is 5.91 Å². The van der Waals surface area contributed by atoms with Gasteiger partial charge in [0, 0.05) is 44.0 Å². The van der Waals surface area contributed by atoms with Gasteiger partial charge in [-0.1, -0.05) is 30.3 Å². The van der Waals surface area contributed by atoms with Gasteiger partial charge in [-0.3, -0.25) is 4.79 Å². The summed E-state index contributed by atoms with van der Waals surface area (Å²) in [5.74, 6) is 2.05. The molecule has 25 heavy (non-hydrogen) atoms. The van der Waals surface area contributed by atoms with Gasteiger partial charge >= 0.3 is 0 Å². The molecule has 0 bridgehead atoms. The van der Waals surface area contributed by atoms with E-state index in [4.69, 9.17) is 9.15 Å². The van der Waals surface area contributed by atoms with E-state index in [1.165, 1.54) is 0 Å². The molecule has 0 N–H and O–H groups in total. The highest BCUT2D eigenvalue weighted by molar-refractivity contribution is 5.76. The van der Waals surface area contributed by atoms with Crippen molar-refractivity contribution in [1.29, 1.82) is 0 Å². The number of oxazole rings is 1. The predicted molar refractivity (Wildman–Crippen MR) is 96.2 cm³/mol. The lowest BCUT2D eigenvalue weighted by Gasteiger charge is -2.23. The van der Waals surface area contributed by atoms with Crippen LogP contribution in [0.4, 0.5) is 0 Å². The predicted octanol–water partition coefficient (Wildman–Crippen LogP) is 3.47. The second kappa shape index (κ2) is 8.30. The van der Waals surface area contributed by atoms with Crippen LogP contribution in [0, 0.1) is 12.8 Å². The molecular formula is C20H26N2O3. The molecule has 0 unspecified atom stereocenters. The van der Waals surface area contributed by atoms with E-state index < -0.39 is 0 Å². The fraction of sp³-hybridized carbons (Fsp3) is 0.500. The summed E-state index contributed by atoms with van der Waals surface area (Å²) in [6.07, 6.45) is 2.00. The fourth-order valence-corrected chi connectivity index (χ4v) is 3.23. The summed E-state index contributed by atoms with van der Waals surface area (Å²) < 4.78 is 11.3. The zero-order chi connectivity index (χ0) is 17.6. The molecule has 0 spiro atoms. The zero-order valence-corrected chi connectivity index (χ0v) is 15.0. The van der Waals surface area contributed by atoms with E-state index in [0.717, 1.165) is 49.7 Å². The molecule has 5 heteroatoms. The topological polar surface area (TPSA) is 55.6 Å². The second-order valence-electron chi connectivity index (χ2n) is 6.55. The monoisotopic (exact) mass is 342 g/mol. The van der Waals surface area contributed by atoms with E-state index in [9.17, 15) is 4.79 Å². The van der Waals surface area contributed by atoms with Gasteiger partial charge in [-0.2, -0.15) is 0 Å². The third-order valence-corrected chi connectivity index (χ3v) is 4.67. The van der Waals surface area contributed by atoms with Crippen LogP contribution >= 0.6 is 0 Å². The summed E-state index contributed by atoms with van der Waals surface area (Å²) in [4.78, 5) is 18.9. The molecule has 1 atom stereocenters. The summed E-state index contributed by atoms with van der Waals surface area (Å²) in [6.45, 7) is 7.06. The van der Waals surface area contributed by atoms with Crippen LogP contribution in [0.25, 0.3) is 11.3 Å². The van der Waals surface area contributed by atoms with Crippen molar-refractivity contribution in [3.05, 3.63) is 41.9 Å². The Morgan fingerprint density at radius 3 is 2.80 bits per heavy atom. The number of rotatable bonds is 7. The Morgan fingerprint density at radius 2 is 2.12 bits per heavy atom. The Balaban J connectivity index is 1.58. The second-order valence-corrected chi connectivity index (χ2v) is 6.55. The molecule has 0 radical (unpaired) electrons. The van der Waals surface area contributed by atoms with Crippen LogP contribution < -0.4 is 0 Å². The molecular weight excluding hydrogens is 316 g/mol. The van der Waals surface area contributed by atoms with Gasteiger partial charge in [0.1, 0.15) is 0 Å². The molecule has 1 saturated heterocycles. The number of aryl methyl sites for hydroxylation is 2. The molecule has 134 valence electrons. The molecule has 1 aliphatic heterocycles. The molecule has 1 aliphatic rings. The molecule has 1 amide bonds. The van der Waals surface area contributed by atoms with E-state index >= 15 is 0 Å². The number of aromatic nitrogens is 1. The molecule has 5 nitrogen and oxygen atoms in total. The third-order valence-electron chi connectivity index (χ3n) is 4.67. The van der Waals surface area contributed by atoms with Crippen molar-refractivity contribution in [3.8, 4) is 11.3 Å². The largest absolute Gasteiger partial charge is 0.440 e. The number of amides is 1. The number of nitrogens with zero attached hydrogens (tertiary/aromatic N) is 2. The van der Waals surface area contributed by atoms with Crippen molar-refractivity contribution in [3.63, 3.8) is 0 Å². The first-order chi connectivity index (χ1) is 12.2. The van der Waals surface area contributed by atoms with Crippen molar-refractivity contribution >= 4 is 5.91 Å². The number of carbonyl (C=O) groups is 1. The van der Waals surface area contributed by atoms with Crippen LogP contribution in [0.1, 0.15) is 31.4 Å². The van der Waals surface area contributed by atoms with Gasteiger partial charge in [-0.25, -0.2) is 4.98 Å². The Morgan fingerprint density at radius 1 is 1.32 bits per heavy atom. The summed E-state index contributed by atoms with van der Waals surface area (Å²) in [5.41, 5.74) is 1.88. The van der Waals surface area contributed by atoms with Crippen molar-refractivity contribution in [2.24, 2.45) is 5.92 Å². The molecule has 2 heterocycles. The summed E-state index contributed by atoms with van der Waals surface area (Å²) in [7, 11) is 0. The maximum Gasteiger partial charge on any atom is 0.223 e. The first kappa shape index (κ1) is 17.7. The van der Waals surface area contributed by atoms with Crippen LogP contribution in [0.5, 0.6) is 0 Å². The van der Waals surface area contributed by atoms with Gasteiger partial charge < -0.3 is 14.1 Å². The highest BCUT2D eigenvalue weighted by Gasteiger charge is 2.22. The smallest absolute Gasteiger partial charge is 0.223 e. The lowest BCUT2D eigenvalue weighted by Crippen LogP contribution is -2.35. The molecule has 2 aromatic rings. The summed E-state index contributed by atoms with van der Waals surface area (Å²) in [6, 6.07) is 9.94. The van der Waals surface area contributed by atoms with Gasteiger partial charge in [-0.15, -0.1) is 0 Å². The third kappa shape index (κ3) is 4.48. The fourth-order valence-electron chi connectivity index (χ4n) is 3.23. The standard InChI is InChI=1S/C20H26N2O3/c1-3-22(13-16-11-12-24-14-16)19(23)10-9-18-21-15(2)20(25-18)17-7-5-4-6-8-17/h4-8,16H,3,9-14H2,1-2H3/t16-/m1/s1. The Kier molecular flexibility index (Phi) is 5.87. The van der Waals surface area contributed by atoms with Crippen molar-refractivity contribution in [2.75, 3.05) is 26.3 Å². The summed E-state index contributed by atoms with van der Waals surface area (Å²) in [5, 5.41) is 0. The van der Waals surface area contributed by atoms with Crippen LogP contribution in [-0.2, 0) is 16.0 Å². The molecule has 0 saturated carbocycles. The van der Waals surface area contributed by atoms with Crippen LogP contribution in [0.2, 0.25) is 0 Å². The first-order valence-corrected chi connectivity index (χ1v) is 9.04. The maximum absolute atomic E-state index is 12.5. The minimum atomic E-state index is 0.159. The van der Waals surface area contributed by atoms with E-state index in [2.05, 4.69) is 4.98 Å². The quantitative estimate of drug-likeness (QED) is 0.773. The Bertz CT molecular complexity index is 690. The van der Waals surface area contributed by atoms with Gasteiger partial charge in [-0.05, 0) is 20.3 Å². The average Bonchev–Trinajstić information content (AvgIpc) is 3.27. The zero-order valence-electron chi connectivity index (χ0n) is 15.0. The van der Waals surface area contributed by atoms with Crippen molar-refractivity contribution in [2.45, 2.75) is 33.1 Å². The van der Waals surface area contributed by atoms with Gasteiger partial charge in [0.05, 0.1) is 12.3 Å². The minimum Gasteiger partial charge on any atom is -0.440 e. The SMILES string of the molecule is CCN(C[C@H]1CCOC1)C(=O)CCc1nc(C)c(-c2ccccc2)o1. The first-order valence-electron chi connectivity index (χ1n) is 9.04. The lowest BCUT2D eigenvalue weighted by atomic mass is 10.1. The summed E-state index contributed by atoms with van der Waals surface area (Å²) >= 11 is 0. The lowest BCUT2D eigenvalue weighted by molar-refractivity contribution is -0.131. The molecule has 3 rings (SSSR count). The highest BCUT2D eigenvalue weighted by atomic mass is 16.5. The number of ether oxygens (including phenoxy) is 1. The molecule has 1 aromatic heterocycles. The molecule has 1 aromatic carbocycles. The number of carbonyl (C=O) groups excluding carboxylic acids is 1. The van der Waals surface area contributed by atoms with E-state index in [1.54, 1.807) is 0 Å². The van der Waals surface area contributed by atoms with Crippen LogP contribution in [0.3, 0.4) is 0 Å². The van der Waals surface area contributed by atoms with Crippen LogP contribution in [0.15, 0.2) is 34.7 Å². The van der Waals surface area contributed by atoms with E-state index in [1.807, 2.05) is 49.1 Å². The molecule has 1 fully saturated rings. The minimum absolute atomic E-state index is 0.159. The van der Waals surface area contributed by atoms with Crippen molar-refractivity contribution < 1.29 is 13.9 Å². The van der Waals surface area contributed by atoms with Gasteiger partial charge in [0.15, 0.2) is 11.7 Å². The molecule has 0 aliphatic carbocycles.